The van der Waals surface area contributed by atoms with Gasteiger partial charge in [0.15, 0.2) is 0 Å². The first kappa shape index (κ1) is 19.9. The van der Waals surface area contributed by atoms with Gasteiger partial charge in [-0.25, -0.2) is 0 Å². The lowest BCUT2D eigenvalue weighted by Gasteiger charge is -2.36. The number of nitrogens with one attached hydrogen (secondary N) is 1. The lowest BCUT2D eigenvalue weighted by molar-refractivity contribution is -0.377. The van der Waals surface area contributed by atoms with Crippen molar-refractivity contribution in [3.63, 3.8) is 0 Å². The van der Waals surface area contributed by atoms with Gasteiger partial charge in [-0.05, 0) is 18.6 Å². The van der Waals surface area contributed by atoms with Crippen molar-refractivity contribution < 1.29 is 14.2 Å². The molecule has 1 N–H and O–H groups in total. The first-order valence-corrected chi connectivity index (χ1v) is 8.66. The quantitative estimate of drug-likeness (QED) is 0.423. The van der Waals surface area contributed by atoms with Crippen molar-refractivity contribution in [1.29, 1.82) is 0 Å². The maximum atomic E-state index is 5.58. The molecule has 1 rings (SSSR count). The average Bonchev–Trinajstić information content (AvgIpc) is 2.61. The van der Waals surface area contributed by atoms with Crippen molar-refractivity contribution in [1.82, 2.24) is 0 Å². The minimum atomic E-state index is -0.994. The molecule has 0 saturated heterocycles. The highest BCUT2D eigenvalue weighted by Crippen LogP contribution is 2.29. The van der Waals surface area contributed by atoms with E-state index in [1.54, 1.807) is 21.3 Å². The Hall–Kier alpha value is -1.10. The van der Waals surface area contributed by atoms with Crippen LogP contribution in [-0.4, -0.2) is 33.8 Å². The number of ether oxygens (including phenoxy) is 3. The van der Waals surface area contributed by atoms with Crippen LogP contribution in [0.2, 0.25) is 0 Å². The van der Waals surface area contributed by atoms with Crippen molar-refractivity contribution in [2.75, 3.05) is 33.2 Å². The van der Waals surface area contributed by atoms with E-state index in [0.29, 0.717) is 0 Å². The van der Waals surface area contributed by atoms with E-state index in [9.17, 15) is 0 Å². The van der Waals surface area contributed by atoms with Gasteiger partial charge in [-0.15, -0.1) is 0 Å². The Labute approximate surface area is 141 Å². The molecule has 0 saturated carbocycles. The molecule has 1 atom stereocenters. The first-order valence-electron chi connectivity index (χ1n) is 8.66. The fraction of sp³-hybridized carbons (Fsp3) is 0.684. The zero-order valence-electron chi connectivity index (χ0n) is 15.1. The van der Waals surface area contributed by atoms with Crippen molar-refractivity contribution in [3.8, 4) is 0 Å². The standard InChI is InChI=1S/C19H33NO3/c1-5-6-7-8-10-13-17(19(21-2,22-3)23-4)16-20-18-14-11-9-12-15-18/h9,11-12,14-15,17,20H,5-8,10,13,16H2,1-4H3. The molecular weight excluding hydrogens is 290 g/mol. The lowest BCUT2D eigenvalue weighted by Crippen LogP contribution is -2.46. The number of hydrogen-bond acceptors (Lipinski definition) is 4. The summed E-state index contributed by atoms with van der Waals surface area (Å²) in [5.41, 5.74) is 1.10. The van der Waals surface area contributed by atoms with Gasteiger partial charge in [-0.3, -0.25) is 0 Å². The van der Waals surface area contributed by atoms with Crippen LogP contribution in [0.3, 0.4) is 0 Å². The number of methoxy groups -OCH3 is 3. The summed E-state index contributed by atoms with van der Waals surface area (Å²) in [5, 5.41) is 3.47. The topological polar surface area (TPSA) is 39.7 Å². The molecular formula is C19H33NO3. The Morgan fingerprint density at radius 2 is 1.52 bits per heavy atom. The molecule has 132 valence electrons. The molecule has 0 heterocycles. The molecule has 1 aromatic carbocycles. The molecule has 0 fully saturated rings. The van der Waals surface area contributed by atoms with E-state index >= 15 is 0 Å². The van der Waals surface area contributed by atoms with E-state index in [1.165, 1.54) is 25.7 Å². The van der Waals surface area contributed by atoms with Gasteiger partial charge in [0.1, 0.15) is 0 Å². The van der Waals surface area contributed by atoms with Crippen LogP contribution in [0.4, 0.5) is 5.69 Å². The van der Waals surface area contributed by atoms with Crippen molar-refractivity contribution >= 4 is 5.69 Å². The fourth-order valence-corrected chi connectivity index (χ4v) is 2.95. The van der Waals surface area contributed by atoms with Crippen LogP contribution < -0.4 is 5.32 Å². The molecule has 0 aliphatic heterocycles. The highest BCUT2D eigenvalue weighted by Gasteiger charge is 2.39. The molecule has 4 nitrogen and oxygen atoms in total. The minimum Gasteiger partial charge on any atom is -0.384 e. The number of benzene rings is 1. The molecule has 4 heteroatoms. The molecule has 0 aliphatic rings. The predicted octanol–water partition coefficient (Wildman–Crippen LogP) is 4.67. The van der Waals surface area contributed by atoms with Gasteiger partial charge in [0.05, 0.1) is 5.92 Å². The van der Waals surface area contributed by atoms with Crippen molar-refractivity contribution in [3.05, 3.63) is 30.3 Å². The maximum absolute atomic E-state index is 5.58. The summed E-state index contributed by atoms with van der Waals surface area (Å²) in [6.07, 6.45) is 7.24. The van der Waals surface area contributed by atoms with Crippen LogP contribution in [0, 0.1) is 5.92 Å². The highest BCUT2D eigenvalue weighted by atomic mass is 16.9. The molecule has 1 aromatic rings. The summed E-state index contributed by atoms with van der Waals surface area (Å²) in [5.74, 6) is -0.878. The van der Waals surface area contributed by atoms with Crippen LogP contribution in [0.25, 0.3) is 0 Å². The van der Waals surface area contributed by atoms with Crippen LogP contribution in [0.15, 0.2) is 30.3 Å². The monoisotopic (exact) mass is 323 g/mol. The third-order valence-electron chi connectivity index (χ3n) is 4.34. The second-order valence-electron chi connectivity index (χ2n) is 5.86. The van der Waals surface area contributed by atoms with Crippen LogP contribution >= 0.6 is 0 Å². The van der Waals surface area contributed by atoms with E-state index in [0.717, 1.165) is 25.1 Å². The number of para-hydroxylation sites is 1. The maximum Gasteiger partial charge on any atom is 0.286 e. The van der Waals surface area contributed by atoms with Crippen LogP contribution in [0.1, 0.15) is 45.4 Å². The number of hydrogen-bond donors (Lipinski definition) is 1. The second kappa shape index (κ2) is 11.4. The Morgan fingerprint density at radius 1 is 0.913 bits per heavy atom. The zero-order chi connectivity index (χ0) is 17.0. The van der Waals surface area contributed by atoms with Crippen molar-refractivity contribution in [2.45, 2.75) is 51.4 Å². The van der Waals surface area contributed by atoms with E-state index in [2.05, 4.69) is 24.4 Å². The molecule has 1 unspecified atom stereocenters. The molecule has 0 radical (unpaired) electrons. The number of rotatable bonds is 13. The largest absolute Gasteiger partial charge is 0.384 e. The second-order valence-corrected chi connectivity index (χ2v) is 5.86. The normalized spacial score (nSPS) is 13.0. The van der Waals surface area contributed by atoms with Crippen molar-refractivity contribution in [2.24, 2.45) is 5.92 Å². The Balaban J connectivity index is 2.63. The molecule has 0 aliphatic carbocycles. The number of unbranched alkanes of at least 4 members (excludes halogenated alkanes) is 4. The van der Waals surface area contributed by atoms with Gasteiger partial charge in [0.2, 0.25) is 0 Å². The lowest BCUT2D eigenvalue weighted by atomic mass is 9.97. The van der Waals surface area contributed by atoms with Gasteiger partial charge in [-0.1, -0.05) is 57.2 Å². The van der Waals surface area contributed by atoms with Crippen LogP contribution in [0.5, 0.6) is 0 Å². The minimum absolute atomic E-state index is 0.115. The van der Waals surface area contributed by atoms with E-state index in [1.807, 2.05) is 18.2 Å². The Bertz CT molecular complexity index is 385. The molecule has 23 heavy (non-hydrogen) atoms. The van der Waals surface area contributed by atoms with Gasteiger partial charge in [-0.2, -0.15) is 0 Å². The summed E-state index contributed by atoms with van der Waals surface area (Å²) < 4.78 is 16.7. The predicted molar refractivity (Wildman–Crippen MR) is 95.6 cm³/mol. The summed E-state index contributed by atoms with van der Waals surface area (Å²) in [6, 6.07) is 10.2. The fourth-order valence-electron chi connectivity index (χ4n) is 2.95. The highest BCUT2D eigenvalue weighted by molar-refractivity contribution is 5.42. The van der Waals surface area contributed by atoms with Gasteiger partial charge in [0.25, 0.3) is 5.97 Å². The zero-order valence-corrected chi connectivity index (χ0v) is 15.1. The average molecular weight is 323 g/mol. The molecule has 0 aromatic heterocycles. The third kappa shape index (κ3) is 6.50. The summed E-state index contributed by atoms with van der Waals surface area (Å²) in [7, 11) is 4.92. The Kier molecular flexibility index (Phi) is 9.92. The summed E-state index contributed by atoms with van der Waals surface area (Å²) in [4.78, 5) is 0. The summed E-state index contributed by atoms with van der Waals surface area (Å²) >= 11 is 0. The molecule has 0 spiro atoms. The Morgan fingerprint density at radius 3 is 2.09 bits per heavy atom. The van der Waals surface area contributed by atoms with Gasteiger partial charge < -0.3 is 19.5 Å². The third-order valence-corrected chi connectivity index (χ3v) is 4.34. The van der Waals surface area contributed by atoms with E-state index in [4.69, 9.17) is 14.2 Å². The molecule has 0 amide bonds. The van der Waals surface area contributed by atoms with Gasteiger partial charge in [0, 0.05) is 33.6 Å². The summed E-state index contributed by atoms with van der Waals surface area (Å²) in [6.45, 7) is 2.98. The van der Waals surface area contributed by atoms with Crippen LogP contribution in [-0.2, 0) is 14.2 Å². The SMILES string of the molecule is CCCCCCCC(CNc1ccccc1)C(OC)(OC)OC. The van der Waals surface area contributed by atoms with E-state index < -0.39 is 5.97 Å². The van der Waals surface area contributed by atoms with Gasteiger partial charge >= 0.3 is 0 Å². The molecule has 0 bridgehead atoms. The van der Waals surface area contributed by atoms with E-state index in [-0.39, 0.29) is 5.92 Å². The smallest absolute Gasteiger partial charge is 0.286 e. The number of anilines is 1. The first-order chi connectivity index (χ1) is 11.2.